The summed E-state index contributed by atoms with van der Waals surface area (Å²) in [6.45, 7) is 5.87. The number of guanidine groups is 1. The molecule has 1 atom stereocenters. The van der Waals surface area contributed by atoms with Crippen LogP contribution in [0.3, 0.4) is 0 Å². The van der Waals surface area contributed by atoms with Crippen molar-refractivity contribution in [1.29, 1.82) is 0 Å². The van der Waals surface area contributed by atoms with Crippen molar-refractivity contribution in [3.8, 4) is 0 Å². The molecule has 0 saturated carbocycles. The molecule has 1 aromatic heterocycles. The van der Waals surface area contributed by atoms with Gasteiger partial charge in [-0.15, -0.1) is 0 Å². The topological polar surface area (TPSA) is 49.3 Å². The summed E-state index contributed by atoms with van der Waals surface area (Å²) in [5, 5.41) is 7.97. The number of aliphatic imine (C=N–C) groups is 1. The van der Waals surface area contributed by atoms with Gasteiger partial charge in [0.15, 0.2) is 5.96 Å². The molecule has 4 heteroatoms. The molecule has 0 bridgehead atoms. The predicted octanol–water partition coefficient (Wildman–Crippen LogP) is 4.01. The number of hydrogen-bond acceptors (Lipinski definition) is 2. The van der Waals surface area contributed by atoms with Gasteiger partial charge in [0.1, 0.15) is 0 Å². The smallest absolute Gasteiger partial charge is 0.191 e. The van der Waals surface area contributed by atoms with Crippen LogP contribution in [0, 0.1) is 6.92 Å². The Kier molecular flexibility index (Phi) is 5.84. The minimum Gasteiger partial charge on any atom is -0.356 e. The van der Waals surface area contributed by atoms with E-state index in [1.54, 1.807) is 7.05 Å². The van der Waals surface area contributed by atoms with Gasteiger partial charge in [-0.1, -0.05) is 61.0 Å². The first-order valence-electron chi connectivity index (χ1n) is 9.01. The molecule has 0 aliphatic carbocycles. The Morgan fingerprint density at radius 3 is 2.69 bits per heavy atom. The highest BCUT2D eigenvalue weighted by Gasteiger charge is 2.08. The van der Waals surface area contributed by atoms with Crippen molar-refractivity contribution in [3.05, 3.63) is 77.5 Å². The molecule has 0 aliphatic rings. The van der Waals surface area contributed by atoms with Crippen LogP contribution in [0.5, 0.6) is 0 Å². The van der Waals surface area contributed by atoms with Crippen molar-refractivity contribution >= 4 is 16.9 Å². The molecule has 0 aliphatic heterocycles. The highest BCUT2D eigenvalue weighted by molar-refractivity contribution is 5.83. The van der Waals surface area contributed by atoms with Gasteiger partial charge in [0, 0.05) is 31.7 Å². The molecule has 0 saturated heterocycles. The highest BCUT2D eigenvalue weighted by Crippen LogP contribution is 2.16. The highest BCUT2D eigenvalue weighted by atomic mass is 15.2. The molecule has 2 aromatic carbocycles. The van der Waals surface area contributed by atoms with E-state index in [4.69, 9.17) is 0 Å². The van der Waals surface area contributed by atoms with Gasteiger partial charge in [0.25, 0.3) is 0 Å². The number of rotatable bonds is 5. The first kappa shape index (κ1) is 17.9. The largest absolute Gasteiger partial charge is 0.356 e. The van der Waals surface area contributed by atoms with Gasteiger partial charge in [-0.2, -0.15) is 0 Å². The van der Waals surface area contributed by atoms with Crippen molar-refractivity contribution in [2.75, 3.05) is 13.6 Å². The van der Waals surface area contributed by atoms with E-state index < -0.39 is 0 Å². The summed E-state index contributed by atoms with van der Waals surface area (Å²) in [6, 6.07) is 19.0. The Labute approximate surface area is 155 Å². The standard InChI is InChI=1S/C22H26N4/c1-16-7-4-9-19(13-16)17(2)14-25-22(23-3)26-15-20-10-5-8-18-11-6-12-24-21(18)20/h4-13,17H,14-15H2,1-3H3,(H2,23,25,26). The average molecular weight is 346 g/mol. The van der Waals surface area contributed by atoms with Gasteiger partial charge in [-0.25, -0.2) is 0 Å². The summed E-state index contributed by atoms with van der Waals surface area (Å²) in [5.74, 6) is 1.21. The summed E-state index contributed by atoms with van der Waals surface area (Å²) in [4.78, 5) is 8.85. The Morgan fingerprint density at radius 2 is 1.88 bits per heavy atom. The normalized spacial score (nSPS) is 12.8. The monoisotopic (exact) mass is 346 g/mol. The molecule has 1 heterocycles. The van der Waals surface area contributed by atoms with Crippen LogP contribution in [0.25, 0.3) is 10.9 Å². The number of benzene rings is 2. The average Bonchev–Trinajstić information content (AvgIpc) is 2.68. The van der Waals surface area contributed by atoms with Crippen LogP contribution >= 0.6 is 0 Å². The molecule has 134 valence electrons. The van der Waals surface area contributed by atoms with Gasteiger partial charge in [-0.3, -0.25) is 9.98 Å². The third-order valence-electron chi connectivity index (χ3n) is 4.57. The lowest BCUT2D eigenvalue weighted by Gasteiger charge is -2.17. The van der Waals surface area contributed by atoms with Crippen LogP contribution in [0.2, 0.25) is 0 Å². The summed E-state index contributed by atoms with van der Waals surface area (Å²) in [6.07, 6.45) is 1.84. The lowest BCUT2D eigenvalue weighted by atomic mass is 9.99. The van der Waals surface area contributed by atoms with Gasteiger partial charge in [0.05, 0.1) is 5.52 Å². The van der Waals surface area contributed by atoms with E-state index in [0.29, 0.717) is 12.5 Å². The first-order chi connectivity index (χ1) is 12.7. The van der Waals surface area contributed by atoms with Gasteiger partial charge in [-0.05, 0) is 30.0 Å². The maximum Gasteiger partial charge on any atom is 0.191 e. The molecule has 4 nitrogen and oxygen atoms in total. The zero-order valence-electron chi connectivity index (χ0n) is 15.7. The number of para-hydroxylation sites is 1. The number of aromatic nitrogens is 1. The molecular weight excluding hydrogens is 320 g/mol. The number of fused-ring (bicyclic) bond motifs is 1. The van der Waals surface area contributed by atoms with E-state index in [9.17, 15) is 0 Å². The molecular formula is C22H26N4. The third-order valence-corrected chi connectivity index (χ3v) is 4.57. The summed E-state index contributed by atoms with van der Waals surface area (Å²) >= 11 is 0. The zero-order chi connectivity index (χ0) is 18.4. The van der Waals surface area contributed by atoms with E-state index >= 15 is 0 Å². The Morgan fingerprint density at radius 1 is 1.08 bits per heavy atom. The van der Waals surface area contributed by atoms with Crippen LogP contribution in [-0.2, 0) is 6.54 Å². The number of nitrogens with one attached hydrogen (secondary N) is 2. The molecule has 3 rings (SSSR count). The molecule has 0 radical (unpaired) electrons. The maximum atomic E-state index is 4.51. The van der Waals surface area contributed by atoms with Crippen molar-refractivity contribution in [2.24, 2.45) is 4.99 Å². The quantitative estimate of drug-likeness (QED) is 0.542. The number of pyridine rings is 1. The molecule has 1 unspecified atom stereocenters. The van der Waals surface area contributed by atoms with Crippen molar-refractivity contribution < 1.29 is 0 Å². The summed E-state index contributed by atoms with van der Waals surface area (Å²) in [5.41, 5.74) is 4.83. The fourth-order valence-corrected chi connectivity index (χ4v) is 3.05. The SMILES string of the molecule is CN=C(NCc1cccc2cccnc12)NCC(C)c1cccc(C)c1. The van der Waals surface area contributed by atoms with Crippen LogP contribution in [0.1, 0.15) is 29.5 Å². The fourth-order valence-electron chi connectivity index (χ4n) is 3.05. The number of nitrogens with zero attached hydrogens (tertiary/aromatic N) is 2. The summed E-state index contributed by atoms with van der Waals surface area (Å²) in [7, 11) is 1.80. The molecule has 3 aromatic rings. The second-order valence-electron chi connectivity index (χ2n) is 6.61. The van der Waals surface area contributed by atoms with Crippen LogP contribution in [-0.4, -0.2) is 24.5 Å². The molecule has 2 N–H and O–H groups in total. The van der Waals surface area contributed by atoms with E-state index in [2.05, 4.69) is 83.0 Å². The lowest BCUT2D eigenvalue weighted by Crippen LogP contribution is -2.38. The molecule has 26 heavy (non-hydrogen) atoms. The van der Waals surface area contributed by atoms with Crippen molar-refractivity contribution in [2.45, 2.75) is 26.3 Å². The second kappa shape index (κ2) is 8.48. The Bertz CT molecular complexity index is 896. The fraction of sp³-hybridized carbons (Fsp3) is 0.273. The first-order valence-corrected chi connectivity index (χ1v) is 9.01. The van der Waals surface area contributed by atoms with Crippen LogP contribution in [0.4, 0.5) is 0 Å². The zero-order valence-corrected chi connectivity index (χ0v) is 15.7. The van der Waals surface area contributed by atoms with E-state index in [1.165, 1.54) is 11.1 Å². The lowest BCUT2D eigenvalue weighted by molar-refractivity contribution is 0.698. The third kappa shape index (κ3) is 4.39. The number of aryl methyl sites for hydroxylation is 1. The van der Waals surface area contributed by atoms with E-state index in [1.807, 2.05) is 12.3 Å². The predicted molar refractivity (Wildman–Crippen MR) is 110 cm³/mol. The van der Waals surface area contributed by atoms with Gasteiger partial charge in [0.2, 0.25) is 0 Å². The molecule has 0 spiro atoms. The second-order valence-corrected chi connectivity index (χ2v) is 6.61. The van der Waals surface area contributed by atoms with Crippen molar-refractivity contribution in [1.82, 2.24) is 15.6 Å². The van der Waals surface area contributed by atoms with E-state index in [-0.39, 0.29) is 0 Å². The maximum absolute atomic E-state index is 4.51. The molecule has 0 amide bonds. The summed E-state index contributed by atoms with van der Waals surface area (Å²) < 4.78 is 0. The van der Waals surface area contributed by atoms with E-state index in [0.717, 1.165) is 29.0 Å². The minimum absolute atomic E-state index is 0.410. The Hall–Kier alpha value is -2.88. The molecule has 0 fully saturated rings. The Balaban J connectivity index is 1.60. The van der Waals surface area contributed by atoms with Crippen LogP contribution in [0.15, 0.2) is 65.8 Å². The van der Waals surface area contributed by atoms with Crippen molar-refractivity contribution in [3.63, 3.8) is 0 Å². The van der Waals surface area contributed by atoms with Gasteiger partial charge >= 0.3 is 0 Å². The van der Waals surface area contributed by atoms with Gasteiger partial charge < -0.3 is 10.6 Å². The minimum atomic E-state index is 0.410. The number of hydrogen-bond donors (Lipinski definition) is 2. The van der Waals surface area contributed by atoms with Crippen LogP contribution < -0.4 is 10.6 Å².